The van der Waals surface area contributed by atoms with Gasteiger partial charge in [0.2, 0.25) is 0 Å². The lowest BCUT2D eigenvalue weighted by molar-refractivity contribution is 0.414. The molecule has 0 spiro atoms. The Morgan fingerprint density at radius 1 is 1.15 bits per heavy atom. The van der Waals surface area contributed by atoms with E-state index in [1.807, 2.05) is 23.0 Å². The van der Waals surface area contributed by atoms with Crippen molar-refractivity contribution in [3.63, 3.8) is 0 Å². The first kappa shape index (κ1) is 14.5. The van der Waals surface area contributed by atoms with Crippen LogP contribution in [0.4, 0.5) is 0 Å². The fourth-order valence-corrected chi connectivity index (χ4v) is 2.05. The second kappa shape index (κ2) is 7.65. The smallest absolute Gasteiger partial charge is 0.118 e. The number of nitrogens with two attached hydrogens (primary N) is 1. The van der Waals surface area contributed by atoms with Gasteiger partial charge in [-0.1, -0.05) is 17.3 Å². The normalized spacial score (nSPS) is 10.7. The molecule has 1 heterocycles. The monoisotopic (exact) mass is 274 g/mol. The lowest BCUT2D eigenvalue weighted by atomic mass is 10.1. The van der Waals surface area contributed by atoms with Crippen LogP contribution in [0.5, 0.6) is 5.75 Å². The Balaban J connectivity index is 1.81. The summed E-state index contributed by atoms with van der Waals surface area (Å²) in [5.41, 5.74) is 7.80. The maximum atomic E-state index is 5.48. The van der Waals surface area contributed by atoms with Crippen LogP contribution in [0, 0.1) is 0 Å². The maximum absolute atomic E-state index is 5.48. The van der Waals surface area contributed by atoms with Gasteiger partial charge in [0.05, 0.1) is 12.8 Å². The van der Waals surface area contributed by atoms with E-state index in [0.29, 0.717) is 0 Å². The molecule has 0 radical (unpaired) electrons. The van der Waals surface area contributed by atoms with Gasteiger partial charge in [-0.3, -0.25) is 4.68 Å². The summed E-state index contributed by atoms with van der Waals surface area (Å²) in [6.45, 7) is 1.59. The molecule has 0 aliphatic carbocycles. The summed E-state index contributed by atoms with van der Waals surface area (Å²) in [6, 6.07) is 8.12. The van der Waals surface area contributed by atoms with Crippen LogP contribution in [0.1, 0.15) is 24.1 Å². The van der Waals surface area contributed by atoms with Crippen LogP contribution < -0.4 is 10.5 Å². The van der Waals surface area contributed by atoms with E-state index in [4.69, 9.17) is 10.5 Å². The van der Waals surface area contributed by atoms with E-state index >= 15 is 0 Å². The highest BCUT2D eigenvalue weighted by Crippen LogP contribution is 2.12. The molecule has 0 unspecified atom stereocenters. The van der Waals surface area contributed by atoms with Crippen molar-refractivity contribution in [3.05, 3.63) is 41.7 Å². The molecule has 0 aliphatic heterocycles. The first-order chi connectivity index (χ1) is 9.81. The van der Waals surface area contributed by atoms with E-state index < -0.39 is 0 Å². The number of benzene rings is 1. The summed E-state index contributed by atoms with van der Waals surface area (Å²) in [4.78, 5) is 0. The van der Waals surface area contributed by atoms with Crippen LogP contribution in [0.25, 0.3) is 0 Å². The van der Waals surface area contributed by atoms with Gasteiger partial charge in [0.15, 0.2) is 0 Å². The molecule has 2 aromatic rings. The molecule has 0 amide bonds. The zero-order valence-corrected chi connectivity index (χ0v) is 12.0. The summed E-state index contributed by atoms with van der Waals surface area (Å²) in [5.74, 6) is 0.886. The minimum absolute atomic E-state index is 0.742. The van der Waals surface area contributed by atoms with Crippen molar-refractivity contribution in [2.75, 3.05) is 13.7 Å². The molecule has 0 atom stereocenters. The van der Waals surface area contributed by atoms with Gasteiger partial charge in [-0.2, -0.15) is 0 Å². The van der Waals surface area contributed by atoms with Crippen LogP contribution in [0.3, 0.4) is 0 Å². The molecule has 0 fully saturated rings. The quantitative estimate of drug-likeness (QED) is 0.746. The molecule has 0 saturated heterocycles. The number of ether oxygens (including phenoxy) is 1. The van der Waals surface area contributed by atoms with E-state index in [1.54, 1.807) is 7.11 Å². The number of rotatable bonds is 8. The third-order valence-electron chi connectivity index (χ3n) is 3.26. The molecule has 0 saturated carbocycles. The number of aryl methyl sites for hydroxylation is 3. The largest absolute Gasteiger partial charge is 0.497 e. The summed E-state index contributed by atoms with van der Waals surface area (Å²) >= 11 is 0. The Hall–Kier alpha value is -1.88. The fourth-order valence-electron chi connectivity index (χ4n) is 2.05. The van der Waals surface area contributed by atoms with Crippen LogP contribution in [-0.2, 0) is 19.4 Å². The molecule has 5 heteroatoms. The van der Waals surface area contributed by atoms with Crippen molar-refractivity contribution in [2.24, 2.45) is 5.73 Å². The van der Waals surface area contributed by atoms with Crippen molar-refractivity contribution >= 4 is 0 Å². The minimum Gasteiger partial charge on any atom is -0.497 e. The van der Waals surface area contributed by atoms with Gasteiger partial charge in [0.25, 0.3) is 0 Å². The molecule has 2 N–H and O–H groups in total. The molecule has 0 aliphatic rings. The highest BCUT2D eigenvalue weighted by atomic mass is 16.5. The fraction of sp³-hybridized carbons (Fsp3) is 0.467. The van der Waals surface area contributed by atoms with Crippen molar-refractivity contribution in [1.82, 2.24) is 15.0 Å². The summed E-state index contributed by atoms with van der Waals surface area (Å²) in [6.07, 6.45) is 6.04. The average Bonchev–Trinajstić information content (AvgIpc) is 2.94. The molecule has 2 rings (SSSR count). The van der Waals surface area contributed by atoms with Crippen molar-refractivity contribution < 1.29 is 4.74 Å². The molecular weight excluding hydrogens is 252 g/mol. The lowest BCUT2D eigenvalue weighted by Crippen LogP contribution is -2.02. The second-order valence-corrected chi connectivity index (χ2v) is 4.82. The maximum Gasteiger partial charge on any atom is 0.118 e. The second-order valence-electron chi connectivity index (χ2n) is 4.82. The van der Waals surface area contributed by atoms with Crippen LogP contribution >= 0.6 is 0 Å². The third-order valence-corrected chi connectivity index (χ3v) is 3.26. The molecule has 20 heavy (non-hydrogen) atoms. The molecular formula is C15H22N4O. The van der Waals surface area contributed by atoms with Gasteiger partial charge < -0.3 is 10.5 Å². The molecule has 108 valence electrons. The Kier molecular flexibility index (Phi) is 5.55. The van der Waals surface area contributed by atoms with E-state index in [9.17, 15) is 0 Å². The lowest BCUT2D eigenvalue weighted by Gasteiger charge is -2.03. The van der Waals surface area contributed by atoms with Crippen LogP contribution in [0.15, 0.2) is 30.5 Å². The van der Waals surface area contributed by atoms with E-state index in [1.165, 1.54) is 5.56 Å². The Bertz CT molecular complexity index is 507. The van der Waals surface area contributed by atoms with Crippen LogP contribution in [-0.4, -0.2) is 28.6 Å². The van der Waals surface area contributed by atoms with Crippen LogP contribution in [0.2, 0.25) is 0 Å². The summed E-state index contributed by atoms with van der Waals surface area (Å²) < 4.78 is 7.05. The van der Waals surface area contributed by atoms with Gasteiger partial charge in [0, 0.05) is 12.7 Å². The highest BCUT2D eigenvalue weighted by Gasteiger charge is 2.01. The zero-order chi connectivity index (χ0) is 14.2. The summed E-state index contributed by atoms with van der Waals surface area (Å²) in [5, 5.41) is 8.33. The first-order valence-electron chi connectivity index (χ1n) is 7.04. The number of aromatic nitrogens is 3. The van der Waals surface area contributed by atoms with Gasteiger partial charge in [-0.25, -0.2) is 0 Å². The third kappa shape index (κ3) is 4.35. The minimum atomic E-state index is 0.742. The van der Waals surface area contributed by atoms with E-state index in [2.05, 4.69) is 22.4 Å². The van der Waals surface area contributed by atoms with Crippen molar-refractivity contribution in [3.8, 4) is 5.75 Å². The topological polar surface area (TPSA) is 66.0 Å². The molecule has 5 nitrogen and oxygen atoms in total. The van der Waals surface area contributed by atoms with E-state index in [0.717, 1.165) is 50.2 Å². The predicted octanol–water partition coefficient (Wildman–Crippen LogP) is 1.81. The Morgan fingerprint density at radius 3 is 2.65 bits per heavy atom. The van der Waals surface area contributed by atoms with Gasteiger partial charge in [0.1, 0.15) is 5.75 Å². The number of hydrogen-bond donors (Lipinski definition) is 1. The van der Waals surface area contributed by atoms with Crippen molar-refractivity contribution in [1.29, 1.82) is 0 Å². The summed E-state index contributed by atoms with van der Waals surface area (Å²) in [7, 11) is 1.68. The number of methoxy groups -OCH3 is 1. The van der Waals surface area contributed by atoms with E-state index in [-0.39, 0.29) is 0 Å². The SMILES string of the molecule is COc1ccc(CCn2cc(CCCCN)nn2)cc1. The highest BCUT2D eigenvalue weighted by molar-refractivity contribution is 5.27. The first-order valence-corrected chi connectivity index (χ1v) is 7.04. The number of hydrogen-bond acceptors (Lipinski definition) is 4. The van der Waals surface area contributed by atoms with Gasteiger partial charge >= 0.3 is 0 Å². The van der Waals surface area contributed by atoms with Crippen molar-refractivity contribution in [2.45, 2.75) is 32.2 Å². The molecule has 1 aromatic heterocycles. The molecule has 0 bridgehead atoms. The Morgan fingerprint density at radius 2 is 1.95 bits per heavy atom. The predicted molar refractivity (Wildman–Crippen MR) is 78.7 cm³/mol. The average molecular weight is 274 g/mol. The standard InChI is InChI=1S/C15H22N4O/c1-20-15-7-5-13(6-8-15)9-11-19-12-14(17-18-19)4-2-3-10-16/h5-8,12H,2-4,9-11,16H2,1H3. The van der Waals surface area contributed by atoms with Gasteiger partial charge in [-0.05, 0) is 49.9 Å². The molecule has 1 aromatic carbocycles. The number of unbranched alkanes of at least 4 members (excludes halogenated alkanes) is 1. The zero-order valence-electron chi connectivity index (χ0n) is 12.0. The van der Waals surface area contributed by atoms with Gasteiger partial charge in [-0.15, -0.1) is 5.10 Å². The number of nitrogens with zero attached hydrogens (tertiary/aromatic N) is 3. The Labute approximate surface area is 119 Å².